The van der Waals surface area contributed by atoms with Crippen LogP contribution in [0.4, 0.5) is 4.39 Å². The van der Waals surface area contributed by atoms with Gasteiger partial charge in [-0.15, -0.1) is 11.3 Å². The number of ether oxygens (including phenoxy) is 2. The van der Waals surface area contributed by atoms with Crippen LogP contribution in [-0.4, -0.2) is 27.7 Å². The second-order valence-electron chi connectivity index (χ2n) is 6.56. The zero-order valence-electron chi connectivity index (χ0n) is 16.2. The number of carbonyl (C=O) groups is 1. The molecule has 0 aliphatic carbocycles. The fourth-order valence-corrected chi connectivity index (χ4v) is 4.61. The molecule has 1 N–H and O–H groups in total. The third kappa shape index (κ3) is 3.82. The highest BCUT2D eigenvalue weighted by atomic mass is 35.5. The van der Waals surface area contributed by atoms with Crippen molar-refractivity contribution in [2.24, 2.45) is 0 Å². The summed E-state index contributed by atoms with van der Waals surface area (Å²) in [6.45, 7) is 1.72. The number of phenolic OH excluding ortho intramolecular Hbond substituents is 1. The molecule has 0 radical (unpaired) electrons. The standard InChI is InChI=1S/C21H15Cl2FN2O4S/c1-10(12-4-3-5-16(27)17(12)22)30-18-15(9-31-19(18)20(28)29-2)26-14-8-11(24)6-7-13(14)25-21(26)23/h3-10,27H,1-2H3/t10-/m1/s1. The highest BCUT2D eigenvalue weighted by Crippen LogP contribution is 2.41. The molecule has 0 aliphatic heterocycles. The van der Waals surface area contributed by atoms with Crippen molar-refractivity contribution in [1.29, 1.82) is 0 Å². The highest BCUT2D eigenvalue weighted by Gasteiger charge is 2.27. The van der Waals surface area contributed by atoms with Gasteiger partial charge in [-0.1, -0.05) is 23.7 Å². The normalized spacial score (nSPS) is 12.2. The molecule has 160 valence electrons. The molecule has 0 bridgehead atoms. The summed E-state index contributed by atoms with van der Waals surface area (Å²) >= 11 is 13.7. The van der Waals surface area contributed by atoms with Gasteiger partial charge in [0.15, 0.2) is 10.6 Å². The molecule has 2 aromatic heterocycles. The highest BCUT2D eigenvalue weighted by molar-refractivity contribution is 7.12. The van der Waals surface area contributed by atoms with Crippen molar-refractivity contribution in [3.8, 4) is 17.2 Å². The van der Waals surface area contributed by atoms with Crippen molar-refractivity contribution < 1.29 is 23.8 Å². The fraction of sp³-hybridized carbons (Fsp3) is 0.143. The predicted octanol–water partition coefficient (Wildman–Crippen LogP) is 6.17. The molecule has 0 aliphatic rings. The largest absolute Gasteiger partial charge is 0.506 e. The Morgan fingerprint density at radius 3 is 2.81 bits per heavy atom. The van der Waals surface area contributed by atoms with E-state index in [1.165, 1.54) is 35.9 Å². The monoisotopic (exact) mass is 480 g/mol. The molecule has 0 spiro atoms. The van der Waals surface area contributed by atoms with E-state index >= 15 is 0 Å². The van der Waals surface area contributed by atoms with Crippen LogP contribution in [0.5, 0.6) is 11.5 Å². The topological polar surface area (TPSA) is 73.6 Å². The summed E-state index contributed by atoms with van der Waals surface area (Å²) in [4.78, 5) is 16.8. The molecule has 4 rings (SSSR count). The van der Waals surface area contributed by atoms with Gasteiger partial charge in [0, 0.05) is 17.0 Å². The molecule has 0 saturated carbocycles. The van der Waals surface area contributed by atoms with Gasteiger partial charge >= 0.3 is 5.97 Å². The summed E-state index contributed by atoms with van der Waals surface area (Å²) in [5.74, 6) is -0.981. The zero-order valence-corrected chi connectivity index (χ0v) is 18.6. The number of phenols is 1. The Kier molecular flexibility index (Phi) is 5.79. The molecule has 6 nitrogen and oxygen atoms in total. The van der Waals surface area contributed by atoms with Crippen molar-refractivity contribution in [2.45, 2.75) is 13.0 Å². The van der Waals surface area contributed by atoms with Gasteiger partial charge in [0.1, 0.15) is 23.4 Å². The molecule has 1 atom stereocenters. The number of carbonyl (C=O) groups excluding carboxylic acids is 1. The van der Waals surface area contributed by atoms with E-state index in [1.54, 1.807) is 24.4 Å². The first-order valence-electron chi connectivity index (χ1n) is 8.99. The van der Waals surface area contributed by atoms with E-state index in [0.29, 0.717) is 22.3 Å². The molecule has 2 aromatic carbocycles. The Hall–Kier alpha value is -2.81. The van der Waals surface area contributed by atoms with Gasteiger partial charge in [-0.3, -0.25) is 4.57 Å². The third-order valence-electron chi connectivity index (χ3n) is 4.66. The van der Waals surface area contributed by atoms with E-state index in [2.05, 4.69) is 4.98 Å². The van der Waals surface area contributed by atoms with Gasteiger partial charge in [-0.05, 0) is 36.7 Å². The number of nitrogens with zero attached hydrogens (tertiary/aromatic N) is 2. The van der Waals surface area contributed by atoms with Crippen LogP contribution < -0.4 is 4.74 Å². The van der Waals surface area contributed by atoms with Crippen LogP contribution in [-0.2, 0) is 4.74 Å². The van der Waals surface area contributed by atoms with E-state index in [9.17, 15) is 14.3 Å². The molecule has 4 aromatic rings. The molecular weight excluding hydrogens is 466 g/mol. The Bertz CT molecular complexity index is 1300. The number of thiophene rings is 1. The van der Waals surface area contributed by atoms with E-state index < -0.39 is 17.9 Å². The van der Waals surface area contributed by atoms with Gasteiger partial charge in [0.25, 0.3) is 0 Å². The average molecular weight is 481 g/mol. The first-order valence-corrected chi connectivity index (χ1v) is 10.6. The van der Waals surface area contributed by atoms with Crippen molar-refractivity contribution in [3.63, 3.8) is 0 Å². The van der Waals surface area contributed by atoms with E-state index in [0.717, 1.165) is 11.3 Å². The quantitative estimate of drug-likeness (QED) is 0.346. The third-order valence-corrected chi connectivity index (χ3v) is 6.25. The van der Waals surface area contributed by atoms with E-state index in [-0.39, 0.29) is 26.7 Å². The maximum Gasteiger partial charge on any atom is 0.351 e. The van der Waals surface area contributed by atoms with Crippen molar-refractivity contribution >= 4 is 51.5 Å². The molecule has 0 unspecified atom stereocenters. The van der Waals surface area contributed by atoms with Crippen LogP contribution >= 0.6 is 34.5 Å². The van der Waals surface area contributed by atoms with Gasteiger partial charge in [0.2, 0.25) is 5.28 Å². The minimum atomic E-state index is -0.651. The number of aromatic hydroxyl groups is 1. The second-order valence-corrected chi connectivity index (χ2v) is 8.16. The minimum Gasteiger partial charge on any atom is -0.506 e. The Balaban J connectivity index is 1.87. The van der Waals surface area contributed by atoms with Crippen LogP contribution in [0.2, 0.25) is 10.3 Å². The number of benzene rings is 2. The fourth-order valence-electron chi connectivity index (χ4n) is 3.18. The molecule has 10 heteroatoms. The Morgan fingerprint density at radius 1 is 1.29 bits per heavy atom. The summed E-state index contributed by atoms with van der Waals surface area (Å²) in [7, 11) is 1.26. The summed E-state index contributed by atoms with van der Waals surface area (Å²) in [6, 6.07) is 8.88. The van der Waals surface area contributed by atoms with Crippen LogP contribution in [0.1, 0.15) is 28.3 Å². The van der Waals surface area contributed by atoms with Gasteiger partial charge < -0.3 is 14.6 Å². The lowest BCUT2D eigenvalue weighted by Crippen LogP contribution is -2.09. The number of esters is 1. The number of hydrogen-bond acceptors (Lipinski definition) is 6. The number of aromatic nitrogens is 2. The van der Waals surface area contributed by atoms with Crippen molar-refractivity contribution in [2.75, 3.05) is 7.11 Å². The molecule has 0 fully saturated rings. The summed E-state index contributed by atoms with van der Waals surface area (Å²) < 4.78 is 26.4. The molecule has 2 heterocycles. The summed E-state index contributed by atoms with van der Waals surface area (Å²) in [5, 5.41) is 11.8. The zero-order chi connectivity index (χ0) is 22.3. The summed E-state index contributed by atoms with van der Waals surface area (Å²) in [6.07, 6.45) is -0.651. The van der Waals surface area contributed by atoms with Crippen LogP contribution in [0.3, 0.4) is 0 Å². The first kappa shape index (κ1) is 21.4. The Morgan fingerprint density at radius 2 is 2.06 bits per heavy atom. The van der Waals surface area contributed by atoms with Crippen molar-refractivity contribution in [1.82, 2.24) is 9.55 Å². The van der Waals surface area contributed by atoms with Gasteiger partial charge in [-0.2, -0.15) is 0 Å². The van der Waals surface area contributed by atoms with Gasteiger partial charge in [-0.25, -0.2) is 14.2 Å². The maximum absolute atomic E-state index is 13.9. The summed E-state index contributed by atoms with van der Waals surface area (Å²) in [5.41, 5.74) is 1.80. The van der Waals surface area contributed by atoms with E-state index in [1.807, 2.05) is 0 Å². The lowest BCUT2D eigenvalue weighted by molar-refractivity contribution is 0.0600. The number of imidazole rings is 1. The number of rotatable bonds is 5. The van der Waals surface area contributed by atoms with Gasteiger partial charge in [0.05, 0.1) is 23.2 Å². The van der Waals surface area contributed by atoms with Crippen molar-refractivity contribution in [3.05, 3.63) is 68.3 Å². The van der Waals surface area contributed by atoms with Crippen LogP contribution in [0.15, 0.2) is 41.8 Å². The molecule has 0 amide bonds. The number of methoxy groups -OCH3 is 1. The smallest absolute Gasteiger partial charge is 0.351 e. The Labute approximate surface area is 190 Å². The SMILES string of the molecule is COC(=O)c1scc(-n2c(Cl)nc3ccc(F)cc32)c1O[C@H](C)c1cccc(O)c1Cl. The molecular formula is C21H15Cl2FN2O4S. The number of hydrogen-bond donors (Lipinski definition) is 1. The molecule has 31 heavy (non-hydrogen) atoms. The van der Waals surface area contributed by atoms with Crippen LogP contribution in [0, 0.1) is 5.82 Å². The first-order chi connectivity index (χ1) is 14.8. The molecule has 0 saturated heterocycles. The van der Waals surface area contributed by atoms with E-state index in [4.69, 9.17) is 32.7 Å². The maximum atomic E-state index is 13.9. The lowest BCUT2D eigenvalue weighted by Gasteiger charge is -2.19. The lowest BCUT2D eigenvalue weighted by atomic mass is 10.1. The number of halogens is 3. The average Bonchev–Trinajstić information content (AvgIpc) is 3.28. The second kappa shape index (κ2) is 8.37. The minimum absolute atomic E-state index is 0.0720. The predicted molar refractivity (Wildman–Crippen MR) is 117 cm³/mol. The van der Waals surface area contributed by atoms with Crippen LogP contribution in [0.25, 0.3) is 16.7 Å². The number of fused-ring (bicyclic) bond motifs is 1.